The van der Waals surface area contributed by atoms with E-state index in [4.69, 9.17) is 30.2 Å². The lowest BCUT2D eigenvalue weighted by atomic mass is 10.1. The van der Waals surface area contributed by atoms with Crippen molar-refractivity contribution in [2.24, 2.45) is 0 Å². The van der Waals surface area contributed by atoms with E-state index >= 15 is 0 Å². The molecule has 3 aromatic rings. The van der Waals surface area contributed by atoms with E-state index in [9.17, 15) is 9.59 Å². The van der Waals surface area contributed by atoms with Crippen LogP contribution in [0.15, 0.2) is 39.5 Å². The van der Waals surface area contributed by atoms with Gasteiger partial charge in [0.2, 0.25) is 0 Å². The Morgan fingerprint density at radius 1 is 1.07 bits per heavy atom. The van der Waals surface area contributed by atoms with Gasteiger partial charge in [0.05, 0.1) is 11.4 Å². The lowest BCUT2D eigenvalue weighted by molar-refractivity contribution is -0.133. The van der Waals surface area contributed by atoms with E-state index in [2.05, 4.69) is 0 Å². The molecule has 29 heavy (non-hydrogen) atoms. The van der Waals surface area contributed by atoms with Crippen LogP contribution in [0.2, 0.25) is 5.02 Å². The number of hydrogen-bond acceptors (Lipinski definition) is 6. The number of rotatable bonds is 3. The van der Waals surface area contributed by atoms with Crippen molar-refractivity contribution in [2.75, 3.05) is 13.2 Å². The average molecular weight is 413 g/mol. The van der Waals surface area contributed by atoms with Crippen LogP contribution < -0.4 is 19.8 Å². The lowest BCUT2D eigenvalue weighted by Gasteiger charge is -2.20. The molecule has 2 aromatic carbocycles. The van der Waals surface area contributed by atoms with Crippen LogP contribution in [-0.4, -0.2) is 19.2 Å². The van der Waals surface area contributed by atoms with E-state index in [1.807, 2.05) is 6.07 Å². The fourth-order valence-electron chi connectivity index (χ4n) is 3.93. The number of benzene rings is 2. The van der Waals surface area contributed by atoms with Crippen LogP contribution in [0.4, 0.5) is 0 Å². The summed E-state index contributed by atoms with van der Waals surface area (Å²) in [5.41, 5.74) is 2.59. The van der Waals surface area contributed by atoms with Crippen molar-refractivity contribution < 1.29 is 23.4 Å². The fraction of sp³-hybridized carbons (Fsp3) is 0.273. The Morgan fingerprint density at radius 2 is 1.90 bits per heavy atom. The van der Waals surface area contributed by atoms with Crippen molar-refractivity contribution >= 4 is 28.5 Å². The van der Waals surface area contributed by atoms with Crippen LogP contribution in [0.1, 0.15) is 23.1 Å². The first kappa shape index (κ1) is 18.1. The van der Waals surface area contributed by atoms with Gasteiger partial charge in [0.15, 0.2) is 11.5 Å². The standard InChI is InChI=1S/C22H17ClO6/c23-17-8-12(9-19-21(17)27-7-6-26-19)10-20(24)28-13-4-5-15-14-2-1-3-16(14)22(25)29-18(15)11-13/h4-5,8-9,11H,1-3,6-7,10H2. The van der Waals surface area contributed by atoms with Crippen LogP contribution in [0.3, 0.4) is 0 Å². The number of halogens is 1. The minimum atomic E-state index is -0.458. The summed E-state index contributed by atoms with van der Waals surface area (Å²) in [6.45, 7) is 0.874. The highest BCUT2D eigenvalue weighted by atomic mass is 35.5. The fourth-order valence-corrected chi connectivity index (χ4v) is 4.22. The van der Waals surface area contributed by atoms with Crippen LogP contribution in [-0.2, 0) is 24.1 Å². The maximum atomic E-state index is 12.4. The van der Waals surface area contributed by atoms with Crippen LogP contribution in [0, 0.1) is 0 Å². The maximum absolute atomic E-state index is 12.4. The Labute approximate surface area is 170 Å². The largest absolute Gasteiger partial charge is 0.486 e. The van der Waals surface area contributed by atoms with Crippen LogP contribution >= 0.6 is 11.6 Å². The predicted octanol–water partition coefficient (Wildman–Crippen LogP) is 3.85. The summed E-state index contributed by atoms with van der Waals surface area (Å²) in [7, 11) is 0. The molecule has 0 saturated heterocycles. The van der Waals surface area contributed by atoms with Crippen LogP contribution in [0.5, 0.6) is 17.2 Å². The van der Waals surface area contributed by atoms with Gasteiger partial charge in [0.25, 0.3) is 0 Å². The van der Waals surface area contributed by atoms with Gasteiger partial charge in [-0.2, -0.15) is 0 Å². The van der Waals surface area contributed by atoms with Gasteiger partial charge in [-0.1, -0.05) is 11.6 Å². The summed E-state index contributed by atoms with van der Waals surface area (Å²) >= 11 is 6.22. The van der Waals surface area contributed by atoms with Crippen molar-refractivity contribution in [3.05, 3.63) is 62.5 Å². The number of fused-ring (bicyclic) bond motifs is 4. The number of hydrogen-bond donors (Lipinski definition) is 0. The minimum Gasteiger partial charge on any atom is -0.486 e. The second-order valence-corrected chi connectivity index (χ2v) is 7.52. The molecule has 0 saturated carbocycles. The molecule has 1 aromatic heterocycles. The zero-order chi connectivity index (χ0) is 20.0. The van der Waals surface area contributed by atoms with Crippen molar-refractivity contribution in [1.82, 2.24) is 0 Å². The summed E-state index contributed by atoms with van der Waals surface area (Å²) in [4.78, 5) is 24.6. The Balaban J connectivity index is 1.37. The molecule has 0 bridgehead atoms. The van der Waals surface area contributed by atoms with E-state index in [1.165, 1.54) is 0 Å². The first-order chi connectivity index (χ1) is 14.1. The summed E-state index contributed by atoms with van der Waals surface area (Å²) in [5, 5.41) is 1.29. The van der Waals surface area contributed by atoms with E-state index < -0.39 is 5.97 Å². The number of carbonyl (C=O) groups excluding carboxylic acids is 1. The maximum Gasteiger partial charge on any atom is 0.339 e. The number of esters is 1. The Hall–Kier alpha value is -2.99. The summed E-state index contributed by atoms with van der Waals surface area (Å²) in [6, 6.07) is 8.54. The molecule has 5 rings (SSSR count). The molecule has 1 aliphatic heterocycles. The molecule has 148 valence electrons. The van der Waals surface area contributed by atoms with Crippen molar-refractivity contribution in [3.63, 3.8) is 0 Å². The summed E-state index contributed by atoms with van der Waals surface area (Å²) in [5.74, 6) is 0.882. The Bertz CT molecular complexity index is 1200. The monoisotopic (exact) mass is 412 g/mol. The van der Waals surface area contributed by atoms with Gasteiger partial charge in [-0.25, -0.2) is 4.79 Å². The molecule has 0 amide bonds. The molecule has 7 heteroatoms. The zero-order valence-corrected chi connectivity index (χ0v) is 16.2. The van der Waals surface area contributed by atoms with Gasteiger partial charge in [-0.3, -0.25) is 4.79 Å². The highest BCUT2D eigenvalue weighted by Crippen LogP contribution is 2.38. The number of ether oxygens (including phenoxy) is 3. The van der Waals surface area contributed by atoms with E-state index in [0.29, 0.717) is 46.6 Å². The van der Waals surface area contributed by atoms with Gasteiger partial charge in [0.1, 0.15) is 24.5 Å². The lowest BCUT2D eigenvalue weighted by Crippen LogP contribution is -2.16. The molecule has 0 fully saturated rings. The predicted molar refractivity (Wildman–Crippen MR) is 106 cm³/mol. The molecule has 1 aliphatic carbocycles. The topological polar surface area (TPSA) is 75.0 Å². The van der Waals surface area contributed by atoms with Gasteiger partial charge in [-0.05, 0) is 54.7 Å². The minimum absolute atomic E-state index is 0.0164. The molecule has 2 heterocycles. The van der Waals surface area contributed by atoms with Crippen LogP contribution in [0.25, 0.3) is 11.0 Å². The van der Waals surface area contributed by atoms with E-state index in [1.54, 1.807) is 24.3 Å². The molecule has 0 radical (unpaired) electrons. The van der Waals surface area contributed by atoms with Crippen molar-refractivity contribution in [3.8, 4) is 17.2 Å². The SMILES string of the molecule is O=C(Cc1cc(Cl)c2c(c1)OCCO2)Oc1ccc2c3c(c(=O)oc2c1)CCC3. The number of aryl methyl sites for hydroxylation is 1. The van der Waals surface area contributed by atoms with Gasteiger partial charge in [-0.15, -0.1) is 0 Å². The normalized spacial score (nSPS) is 14.7. The molecule has 0 atom stereocenters. The quantitative estimate of drug-likeness (QED) is 0.369. The third kappa shape index (κ3) is 3.34. The number of carbonyl (C=O) groups is 1. The molecule has 0 unspecified atom stereocenters. The summed E-state index contributed by atoms with van der Waals surface area (Å²) in [6.07, 6.45) is 2.58. The molecular weight excluding hydrogens is 396 g/mol. The average Bonchev–Trinajstić information content (AvgIpc) is 3.18. The van der Waals surface area contributed by atoms with Crippen molar-refractivity contribution in [1.29, 1.82) is 0 Å². The highest BCUT2D eigenvalue weighted by Gasteiger charge is 2.21. The molecule has 6 nitrogen and oxygen atoms in total. The summed E-state index contributed by atoms with van der Waals surface area (Å²) < 4.78 is 21.9. The van der Waals surface area contributed by atoms with E-state index in [-0.39, 0.29) is 12.0 Å². The smallest absolute Gasteiger partial charge is 0.339 e. The Kier molecular flexibility index (Phi) is 4.43. The highest BCUT2D eigenvalue weighted by molar-refractivity contribution is 6.32. The van der Waals surface area contributed by atoms with Gasteiger partial charge < -0.3 is 18.6 Å². The second kappa shape index (κ2) is 7.12. The van der Waals surface area contributed by atoms with Gasteiger partial charge >= 0.3 is 11.6 Å². The molecule has 0 spiro atoms. The Morgan fingerprint density at radius 3 is 2.79 bits per heavy atom. The third-order valence-corrected chi connectivity index (χ3v) is 5.46. The second-order valence-electron chi connectivity index (χ2n) is 7.11. The third-order valence-electron chi connectivity index (χ3n) is 5.18. The molecular formula is C22H17ClO6. The van der Waals surface area contributed by atoms with Gasteiger partial charge in [0, 0.05) is 17.0 Å². The first-order valence-electron chi connectivity index (χ1n) is 9.46. The zero-order valence-electron chi connectivity index (χ0n) is 15.5. The first-order valence-corrected chi connectivity index (χ1v) is 9.83. The van der Waals surface area contributed by atoms with E-state index in [0.717, 1.165) is 35.8 Å². The molecule has 0 N–H and O–H groups in total. The molecule has 2 aliphatic rings. The van der Waals surface area contributed by atoms with Crippen molar-refractivity contribution in [2.45, 2.75) is 25.7 Å².